The largest absolute Gasteiger partial charge is 0.507 e. The van der Waals surface area contributed by atoms with Crippen LogP contribution in [0, 0.1) is 6.92 Å². The van der Waals surface area contributed by atoms with Gasteiger partial charge in [-0.05, 0) is 63.0 Å². The molecule has 2 aliphatic heterocycles. The first-order chi connectivity index (χ1) is 13.3. The van der Waals surface area contributed by atoms with Crippen molar-refractivity contribution in [3.8, 4) is 17.0 Å². The smallest absolute Gasteiger partial charge is 0.416 e. The lowest BCUT2D eigenvalue weighted by Crippen LogP contribution is -2.33. The molecular formula is C20H23F3N4O. The lowest BCUT2D eigenvalue weighted by Gasteiger charge is -2.22. The summed E-state index contributed by atoms with van der Waals surface area (Å²) in [6.45, 7) is 6.60. The zero-order valence-corrected chi connectivity index (χ0v) is 15.8. The Bertz CT molecular complexity index is 855. The number of phenols is 1. The summed E-state index contributed by atoms with van der Waals surface area (Å²) >= 11 is 0. The highest BCUT2D eigenvalue weighted by Gasteiger charge is 2.32. The summed E-state index contributed by atoms with van der Waals surface area (Å²) in [5.74, 6) is 0.414. The van der Waals surface area contributed by atoms with Crippen LogP contribution in [0.2, 0.25) is 0 Å². The Morgan fingerprint density at radius 2 is 1.79 bits per heavy atom. The third kappa shape index (κ3) is 3.65. The topological polar surface area (TPSA) is 52.5 Å². The van der Waals surface area contributed by atoms with Crippen molar-refractivity contribution < 1.29 is 18.3 Å². The molecule has 1 aromatic carbocycles. The van der Waals surface area contributed by atoms with Gasteiger partial charge >= 0.3 is 6.18 Å². The molecule has 1 saturated heterocycles. The van der Waals surface area contributed by atoms with Crippen molar-refractivity contribution in [2.24, 2.45) is 0 Å². The van der Waals surface area contributed by atoms with E-state index >= 15 is 0 Å². The summed E-state index contributed by atoms with van der Waals surface area (Å²) in [5.41, 5.74) is 1.19. The van der Waals surface area contributed by atoms with E-state index in [1.54, 1.807) is 6.92 Å². The van der Waals surface area contributed by atoms with Crippen LogP contribution in [0.25, 0.3) is 11.3 Å². The predicted molar refractivity (Wildman–Crippen MR) is 100 cm³/mol. The number of halogens is 3. The molecule has 1 fully saturated rings. The van der Waals surface area contributed by atoms with Crippen LogP contribution in [-0.2, 0) is 12.6 Å². The monoisotopic (exact) mass is 392 g/mol. The van der Waals surface area contributed by atoms with Gasteiger partial charge in [0, 0.05) is 30.8 Å². The van der Waals surface area contributed by atoms with Gasteiger partial charge < -0.3 is 14.9 Å². The fourth-order valence-corrected chi connectivity index (χ4v) is 4.11. The van der Waals surface area contributed by atoms with E-state index in [4.69, 9.17) is 0 Å². The Balaban J connectivity index is 1.56. The van der Waals surface area contributed by atoms with Gasteiger partial charge in [-0.3, -0.25) is 0 Å². The molecule has 1 aromatic heterocycles. The standard InChI is InChI=1S/C20H23F3N4O/c1-13-10-15(20(21,22)23)12-17(28)18(13)16-11-14-4-7-27(19(14)25-24-16)9-8-26-5-2-3-6-26/h10-12,28H,2-9H2,1H3. The SMILES string of the molecule is Cc1cc(C(F)(F)F)cc(O)c1-c1cc2c(nn1)N(CCN1CCCC1)CC2. The second-order valence-electron chi connectivity index (χ2n) is 7.55. The lowest BCUT2D eigenvalue weighted by molar-refractivity contribution is -0.137. The summed E-state index contributed by atoms with van der Waals surface area (Å²) in [6, 6.07) is 3.62. The highest BCUT2D eigenvalue weighted by atomic mass is 19.4. The third-order valence-electron chi connectivity index (χ3n) is 5.58. The highest BCUT2D eigenvalue weighted by molar-refractivity contribution is 5.73. The second-order valence-corrected chi connectivity index (χ2v) is 7.55. The number of nitrogens with zero attached hydrogens (tertiary/aromatic N) is 4. The summed E-state index contributed by atoms with van der Waals surface area (Å²) in [5, 5.41) is 18.8. The Hall–Kier alpha value is -2.35. The molecule has 1 N–H and O–H groups in total. The molecule has 0 saturated carbocycles. The first-order valence-corrected chi connectivity index (χ1v) is 9.58. The predicted octanol–water partition coefficient (Wildman–Crippen LogP) is 3.63. The molecule has 4 rings (SSSR count). The average Bonchev–Trinajstić information content (AvgIpc) is 3.28. The quantitative estimate of drug-likeness (QED) is 0.861. The van der Waals surface area contributed by atoms with E-state index < -0.39 is 17.5 Å². The van der Waals surface area contributed by atoms with Gasteiger partial charge in [0.25, 0.3) is 0 Å². The number of likely N-dealkylation sites (tertiary alicyclic amines) is 1. The summed E-state index contributed by atoms with van der Waals surface area (Å²) < 4.78 is 38.8. The molecular weight excluding hydrogens is 369 g/mol. The number of aromatic hydroxyl groups is 1. The molecule has 5 nitrogen and oxygen atoms in total. The minimum absolute atomic E-state index is 0.304. The molecule has 2 aromatic rings. The molecule has 150 valence electrons. The summed E-state index contributed by atoms with van der Waals surface area (Å²) in [6.07, 6.45) is -1.16. The van der Waals surface area contributed by atoms with Crippen molar-refractivity contribution in [1.29, 1.82) is 0 Å². The van der Waals surface area contributed by atoms with Gasteiger partial charge in [-0.15, -0.1) is 10.2 Å². The first kappa shape index (κ1) is 19.0. The summed E-state index contributed by atoms with van der Waals surface area (Å²) in [7, 11) is 0. The normalized spacial score (nSPS) is 17.4. The molecule has 0 amide bonds. The number of hydrogen-bond acceptors (Lipinski definition) is 5. The van der Waals surface area contributed by atoms with E-state index in [1.165, 1.54) is 12.8 Å². The molecule has 0 bridgehead atoms. The van der Waals surface area contributed by atoms with Crippen LogP contribution >= 0.6 is 0 Å². The molecule has 28 heavy (non-hydrogen) atoms. The zero-order valence-electron chi connectivity index (χ0n) is 15.8. The van der Waals surface area contributed by atoms with Crippen LogP contribution in [0.4, 0.5) is 19.0 Å². The summed E-state index contributed by atoms with van der Waals surface area (Å²) in [4.78, 5) is 4.66. The number of fused-ring (bicyclic) bond motifs is 1. The molecule has 3 heterocycles. The van der Waals surface area contributed by atoms with Gasteiger partial charge in [0.1, 0.15) is 5.75 Å². The molecule has 0 spiro atoms. The molecule has 0 unspecified atom stereocenters. The molecule has 0 atom stereocenters. The molecule has 8 heteroatoms. The van der Waals surface area contributed by atoms with Gasteiger partial charge in [-0.2, -0.15) is 13.2 Å². The Morgan fingerprint density at radius 3 is 2.46 bits per heavy atom. The van der Waals surface area contributed by atoms with Gasteiger partial charge in [0.2, 0.25) is 0 Å². The van der Waals surface area contributed by atoms with E-state index in [0.717, 1.165) is 62.7 Å². The van der Waals surface area contributed by atoms with Crippen LogP contribution in [0.5, 0.6) is 5.75 Å². The third-order valence-corrected chi connectivity index (χ3v) is 5.58. The number of aromatic nitrogens is 2. The average molecular weight is 392 g/mol. The number of hydrogen-bond donors (Lipinski definition) is 1. The Morgan fingerprint density at radius 1 is 1.04 bits per heavy atom. The second kappa shape index (κ2) is 7.24. The molecule has 2 aliphatic rings. The number of alkyl halides is 3. The fraction of sp³-hybridized carbons (Fsp3) is 0.500. The van der Waals surface area contributed by atoms with Gasteiger partial charge in [0.05, 0.1) is 11.3 Å². The number of anilines is 1. The fourth-order valence-electron chi connectivity index (χ4n) is 4.11. The number of phenolic OH excluding ortho intramolecular Hbond substituents is 1. The van der Waals surface area contributed by atoms with Crippen molar-refractivity contribution in [3.05, 3.63) is 34.9 Å². The highest BCUT2D eigenvalue weighted by Crippen LogP contribution is 2.39. The maximum Gasteiger partial charge on any atom is 0.416 e. The molecule has 0 radical (unpaired) electrons. The van der Waals surface area contributed by atoms with Crippen LogP contribution in [-0.4, -0.2) is 52.9 Å². The molecule has 0 aliphatic carbocycles. The number of rotatable bonds is 4. The Kier molecular flexibility index (Phi) is 4.91. The lowest BCUT2D eigenvalue weighted by atomic mass is 9.99. The van der Waals surface area contributed by atoms with Gasteiger partial charge in [-0.1, -0.05) is 0 Å². The first-order valence-electron chi connectivity index (χ1n) is 9.58. The van der Waals surface area contributed by atoms with Crippen molar-refractivity contribution in [2.75, 3.05) is 37.6 Å². The minimum atomic E-state index is -4.50. The maximum absolute atomic E-state index is 12.9. The van der Waals surface area contributed by atoms with E-state index in [-0.39, 0.29) is 0 Å². The van der Waals surface area contributed by atoms with E-state index in [0.29, 0.717) is 16.8 Å². The minimum Gasteiger partial charge on any atom is -0.507 e. The van der Waals surface area contributed by atoms with Crippen LogP contribution in [0.3, 0.4) is 0 Å². The van der Waals surface area contributed by atoms with Crippen molar-refractivity contribution in [1.82, 2.24) is 15.1 Å². The van der Waals surface area contributed by atoms with E-state index in [1.807, 2.05) is 6.07 Å². The number of aryl methyl sites for hydroxylation is 1. The van der Waals surface area contributed by atoms with Gasteiger partial charge in [0.15, 0.2) is 5.82 Å². The van der Waals surface area contributed by atoms with Crippen LogP contribution in [0.15, 0.2) is 18.2 Å². The van der Waals surface area contributed by atoms with Crippen LogP contribution in [0.1, 0.15) is 29.5 Å². The van der Waals surface area contributed by atoms with E-state index in [9.17, 15) is 18.3 Å². The van der Waals surface area contributed by atoms with Crippen molar-refractivity contribution in [2.45, 2.75) is 32.4 Å². The zero-order chi connectivity index (χ0) is 19.9. The Labute approximate surface area is 161 Å². The number of benzene rings is 1. The van der Waals surface area contributed by atoms with Gasteiger partial charge in [-0.25, -0.2) is 0 Å². The maximum atomic E-state index is 12.9. The van der Waals surface area contributed by atoms with Crippen molar-refractivity contribution >= 4 is 5.82 Å². The van der Waals surface area contributed by atoms with Crippen LogP contribution < -0.4 is 4.90 Å². The van der Waals surface area contributed by atoms with E-state index in [2.05, 4.69) is 20.0 Å². The van der Waals surface area contributed by atoms with Crippen molar-refractivity contribution in [3.63, 3.8) is 0 Å².